The minimum atomic E-state index is -0.385. The van der Waals surface area contributed by atoms with E-state index in [4.69, 9.17) is 0 Å². The van der Waals surface area contributed by atoms with E-state index in [2.05, 4.69) is 92.7 Å². The van der Waals surface area contributed by atoms with Crippen molar-refractivity contribution in [3.05, 3.63) is 84.5 Å². The van der Waals surface area contributed by atoms with Crippen molar-refractivity contribution in [3.63, 3.8) is 0 Å². The molecular formula is C21H23P. The van der Waals surface area contributed by atoms with Crippen molar-refractivity contribution < 1.29 is 0 Å². The Labute approximate surface area is 135 Å². The van der Waals surface area contributed by atoms with E-state index in [9.17, 15) is 0 Å². The first-order chi connectivity index (χ1) is 10.8. The largest absolute Gasteiger partial charge is 0.0724 e. The predicted molar refractivity (Wildman–Crippen MR) is 99.5 cm³/mol. The summed E-state index contributed by atoms with van der Waals surface area (Å²) in [6, 6.07) is 22.0. The van der Waals surface area contributed by atoms with Crippen LogP contribution in [0.2, 0.25) is 0 Å². The molecular weight excluding hydrogens is 283 g/mol. The van der Waals surface area contributed by atoms with Crippen molar-refractivity contribution in [2.45, 2.75) is 25.9 Å². The Kier molecular flexibility index (Phi) is 4.90. The van der Waals surface area contributed by atoms with E-state index >= 15 is 0 Å². The van der Waals surface area contributed by atoms with Crippen LogP contribution in [0.25, 0.3) is 0 Å². The highest BCUT2D eigenvalue weighted by Crippen LogP contribution is 2.47. The van der Waals surface area contributed by atoms with Crippen LogP contribution in [0.15, 0.2) is 84.5 Å². The average Bonchev–Trinajstić information content (AvgIpc) is 3.06. The van der Waals surface area contributed by atoms with Crippen LogP contribution in [0.4, 0.5) is 0 Å². The lowest BCUT2D eigenvalue weighted by Gasteiger charge is -2.29. The monoisotopic (exact) mass is 306 g/mol. The van der Waals surface area contributed by atoms with Crippen LogP contribution in [0.3, 0.4) is 0 Å². The van der Waals surface area contributed by atoms with Crippen molar-refractivity contribution >= 4 is 18.5 Å². The second kappa shape index (κ2) is 7.07. The van der Waals surface area contributed by atoms with Gasteiger partial charge in [-0.25, -0.2) is 0 Å². The lowest BCUT2D eigenvalue weighted by Crippen LogP contribution is -2.23. The summed E-state index contributed by atoms with van der Waals surface area (Å²) in [7, 11) is -0.385. The highest BCUT2D eigenvalue weighted by atomic mass is 31.1. The van der Waals surface area contributed by atoms with E-state index in [1.807, 2.05) is 0 Å². The number of benzene rings is 2. The Balaban J connectivity index is 2.03. The molecule has 0 fully saturated rings. The summed E-state index contributed by atoms with van der Waals surface area (Å²) >= 11 is 0. The van der Waals surface area contributed by atoms with Gasteiger partial charge in [0.05, 0.1) is 0 Å². The second-order valence-corrected chi connectivity index (χ2v) is 8.18. The average molecular weight is 306 g/mol. The van der Waals surface area contributed by atoms with Crippen molar-refractivity contribution in [3.8, 4) is 0 Å². The molecule has 0 aliphatic heterocycles. The molecule has 0 amide bonds. The number of rotatable bonds is 5. The van der Waals surface area contributed by atoms with Gasteiger partial charge in [-0.15, -0.1) is 0 Å². The van der Waals surface area contributed by atoms with Gasteiger partial charge in [-0.05, 0) is 30.9 Å². The molecule has 0 aromatic heterocycles. The zero-order chi connectivity index (χ0) is 15.4. The molecule has 1 aliphatic rings. The zero-order valence-corrected chi connectivity index (χ0v) is 14.2. The molecule has 3 rings (SSSR count). The second-order valence-electron chi connectivity index (χ2n) is 5.85. The third kappa shape index (κ3) is 3.08. The lowest BCUT2D eigenvalue weighted by molar-refractivity contribution is 0.648. The van der Waals surface area contributed by atoms with Crippen LogP contribution >= 0.6 is 7.92 Å². The maximum atomic E-state index is 2.41. The quantitative estimate of drug-likeness (QED) is 0.680. The number of hydrogen-bond donors (Lipinski definition) is 0. The van der Waals surface area contributed by atoms with Crippen LogP contribution < -0.4 is 10.6 Å². The summed E-state index contributed by atoms with van der Waals surface area (Å²) in [4.78, 5) is 0. The van der Waals surface area contributed by atoms with Crippen LogP contribution in [0, 0.1) is 5.92 Å². The van der Waals surface area contributed by atoms with E-state index in [0.29, 0.717) is 11.6 Å². The highest BCUT2D eigenvalue weighted by molar-refractivity contribution is 7.74. The Morgan fingerprint density at radius 1 is 0.909 bits per heavy atom. The third-order valence-corrected chi connectivity index (χ3v) is 7.19. The number of allylic oxidation sites excluding steroid dienone is 4. The molecule has 2 unspecified atom stereocenters. The summed E-state index contributed by atoms with van der Waals surface area (Å²) in [5.74, 6) is 0.650. The molecule has 2 aromatic rings. The van der Waals surface area contributed by atoms with Gasteiger partial charge in [-0.1, -0.05) is 98.3 Å². The van der Waals surface area contributed by atoms with E-state index in [0.717, 1.165) is 0 Å². The molecule has 2 aromatic carbocycles. The van der Waals surface area contributed by atoms with Gasteiger partial charge in [0.25, 0.3) is 0 Å². The van der Waals surface area contributed by atoms with E-state index in [-0.39, 0.29) is 7.92 Å². The molecule has 0 nitrogen and oxygen atoms in total. The van der Waals surface area contributed by atoms with E-state index in [1.54, 1.807) is 5.57 Å². The summed E-state index contributed by atoms with van der Waals surface area (Å²) in [5.41, 5.74) is 2.14. The molecule has 1 aliphatic carbocycles. The van der Waals surface area contributed by atoms with Gasteiger partial charge in [-0.2, -0.15) is 0 Å². The van der Waals surface area contributed by atoms with Gasteiger partial charge in [0, 0.05) is 5.66 Å². The molecule has 0 N–H and O–H groups in total. The first-order valence-electron chi connectivity index (χ1n) is 8.09. The molecule has 0 radical (unpaired) electrons. The minimum absolute atomic E-state index is 0.385. The molecule has 2 atom stereocenters. The van der Waals surface area contributed by atoms with Gasteiger partial charge in [-0.3, -0.25) is 0 Å². The summed E-state index contributed by atoms with van der Waals surface area (Å²) in [5, 5.41) is 2.93. The Hall–Kier alpha value is -1.65. The SMILES string of the molecule is CCC(C)C1=CC=CC1P(c1ccccc1)c1ccccc1. The summed E-state index contributed by atoms with van der Waals surface area (Å²) < 4.78 is 0. The Bertz CT molecular complexity index is 615. The minimum Gasteiger partial charge on any atom is -0.0724 e. The van der Waals surface area contributed by atoms with Crippen LogP contribution in [-0.4, -0.2) is 5.66 Å². The van der Waals surface area contributed by atoms with Crippen molar-refractivity contribution in [1.29, 1.82) is 0 Å². The van der Waals surface area contributed by atoms with Gasteiger partial charge < -0.3 is 0 Å². The normalized spacial score (nSPS) is 18.5. The van der Waals surface area contributed by atoms with Crippen LogP contribution in [0.1, 0.15) is 20.3 Å². The lowest BCUT2D eigenvalue weighted by atomic mass is 9.97. The van der Waals surface area contributed by atoms with E-state index in [1.165, 1.54) is 17.0 Å². The summed E-state index contributed by atoms with van der Waals surface area (Å²) in [6.07, 6.45) is 8.22. The highest BCUT2D eigenvalue weighted by Gasteiger charge is 2.29. The van der Waals surface area contributed by atoms with Crippen LogP contribution in [-0.2, 0) is 0 Å². The molecule has 0 bridgehead atoms. The first kappa shape index (κ1) is 15.3. The fraction of sp³-hybridized carbons (Fsp3) is 0.238. The molecule has 0 heterocycles. The van der Waals surface area contributed by atoms with Gasteiger partial charge in [0.1, 0.15) is 0 Å². The standard InChI is InChI=1S/C21H23P/c1-3-17(2)20-15-10-16-21(20)22(18-11-6-4-7-12-18)19-13-8-5-9-14-19/h4-17,21H,3H2,1-2H3. The fourth-order valence-corrected chi connectivity index (χ4v) is 5.89. The number of hydrogen-bond acceptors (Lipinski definition) is 0. The first-order valence-corrected chi connectivity index (χ1v) is 9.50. The van der Waals surface area contributed by atoms with E-state index < -0.39 is 0 Å². The molecule has 112 valence electrons. The summed E-state index contributed by atoms with van der Waals surface area (Å²) in [6.45, 7) is 4.64. The van der Waals surface area contributed by atoms with Gasteiger partial charge in [0.15, 0.2) is 0 Å². The predicted octanol–water partition coefficient (Wildman–Crippen LogP) is 5.03. The smallest absolute Gasteiger partial charge is 0.0269 e. The molecule has 0 saturated heterocycles. The van der Waals surface area contributed by atoms with Crippen LogP contribution in [0.5, 0.6) is 0 Å². The van der Waals surface area contributed by atoms with Gasteiger partial charge in [0.2, 0.25) is 0 Å². The molecule has 0 saturated carbocycles. The maximum absolute atomic E-state index is 2.41. The van der Waals surface area contributed by atoms with Crippen molar-refractivity contribution in [2.24, 2.45) is 5.92 Å². The molecule has 0 spiro atoms. The maximum Gasteiger partial charge on any atom is 0.0269 e. The Morgan fingerprint density at radius 3 is 1.95 bits per heavy atom. The van der Waals surface area contributed by atoms with Gasteiger partial charge >= 0.3 is 0 Å². The van der Waals surface area contributed by atoms with Crippen molar-refractivity contribution in [2.75, 3.05) is 0 Å². The Morgan fingerprint density at radius 2 is 1.45 bits per heavy atom. The molecule has 1 heteroatoms. The van der Waals surface area contributed by atoms with Crippen molar-refractivity contribution in [1.82, 2.24) is 0 Å². The topological polar surface area (TPSA) is 0 Å². The molecule has 22 heavy (non-hydrogen) atoms. The zero-order valence-electron chi connectivity index (χ0n) is 13.3. The fourth-order valence-electron chi connectivity index (χ4n) is 3.06. The third-order valence-electron chi connectivity index (χ3n) is 4.45.